The number of hydrogen-bond donors (Lipinski definition) is 0. The van der Waals surface area contributed by atoms with Crippen molar-refractivity contribution in [1.82, 2.24) is 15.0 Å². The molecule has 1 atom stereocenters. The maximum atomic E-state index is 4.15. The van der Waals surface area contributed by atoms with E-state index in [0.717, 1.165) is 12.5 Å². The molecule has 1 rings (SSSR count). The van der Waals surface area contributed by atoms with Crippen LogP contribution in [0.25, 0.3) is 0 Å². The summed E-state index contributed by atoms with van der Waals surface area (Å²) in [5.74, 6) is 0.956. The lowest BCUT2D eigenvalue weighted by molar-refractivity contribution is 0.366. The molecule has 0 aliphatic carbocycles. The fourth-order valence-electron chi connectivity index (χ4n) is 2.65. The summed E-state index contributed by atoms with van der Waals surface area (Å²) in [5, 5.41) is 8.30. The van der Waals surface area contributed by atoms with E-state index in [1.165, 1.54) is 64.2 Å². The van der Waals surface area contributed by atoms with Crippen molar-refractivity contribution in [3.63, 3.8) is 0 Å². The minimum Gasteiger partial charge on any atom is -0.185 e. The average Bonchev–Trinajstić information content (AvgIpc) is 2.93. The first-order valence-corrected chi connectivity index (χ1v) is 8.20. The molecule has 0 saturated heterocycles. The molecule has 0 N–H and O–H groups in total. The Balaban J connectivity index is 2.11. The van der Waals surface area contributed by atoms with Gasteiger partial charge in [-0.15, -0.1) is 0 Å². The lowest BCUT2D eigenvalue weighted by Crippen LogP contribution is -2.05. The van der Waals surface area contributed by atoms with E-state index in [1.54, 1.807) is 17.2 Å². The molecule has 0 radical (unpaired) electrons. The van der Waals surface area contributed by atoms with Crippen LogP contribution in [0.3, 0.4) is 0 Å². The zero-order valence-corrected chi connectivity index (χ0v) is 12.9. The van der Waals surface area contributed by atoms with Crippen molar-refractivity contribution in [2.75, 3.05) is 0 Å². The Morgan fingerprint density at radius 1 is 0.789 bits per heavy atom. The number of rotatable bonds is 12. The van der Waals surface area contributed by atoms with E-state index in [4.69, 9.17) is 0 Å². The van der Waals surface area contributed by atoms with Crippen LogP contribution in [0.5, 0.6) is 0 Å². The SMILES string of the molecule is CCCCCC(CCCC)CCCCn1nccn1. The van der Waals surface area contributed by atoms with E-state index in [1.807, 2.05) is 0 Å². The summed E-state index contributed by atoms with van der Waals surface area (Å²) < 4.78 is 0. The summed E-state index contributed by atoms with van der Waals surface area (Å²) in [5.41, 5.74) is 0. The molecule has 1 aromatic heterocycles. The second-order valence-electron chi connectivity index (χ2n) is 5.62. The van der Waals surface area contributed by atoms with Crippen molar-refractivity contribution < 1.29 is 0 Å². The van der Waals surface area contributed by atoms with Gasteiger partial charge in [0.1, 0.15) is 0 Å². The monoisotopic (exact) mass is 265 g/mol. The summed E-state index contributed by atoms with van der Waals surface area (Å²) in [6.07, 6.45) is 17.2. The van der Waals surface area contributed by atoms with Crippen LogP contribution < -0.4 is 0 Å². The maximum absolute atomic E-state index is 4.15. The largest absolute Gasteiger partial charge is 0.185 e. The summed E-state index contributed by atoms with van der Waals surface area (Å²) >= 11 is 0. The summed E-state index contributed by atoms with van der Waals surface area (Å²) in [7, 11) is 0. The molecule has 0 saturated carbocycles. The Morgan fingerprint density at radius 3 is 2.00 bits per heavy atom. The van der Waals surface area contributed by atoms with Crippen LogP contribution in [0.4, 0.5) is 0 Å². The Hall–Kier alpha value is -0.860. The molecular formula is C16H31N3. The third-order valence-electron chi connectivity index (χ3n) is 3.87. The number of aryl methyl sites for hydroxylation is 1. The van der Waals surface area contributed by atoms with Gasteiger partial charge in [0.2, 0.25) is 0 Å². The van der Waals surface area contributed by atoms with Gasteiger partial charge in [-0.25, -0.2) is 0 Å². The van der Waals surface area contributed by atoms with Crippen LogP contribution in [0, 0.1) is 5.92 Å². The predicted molar refractivity (Wildman–Crippen MR) is 81.0 cm³/mol. The molecule has 19 heavy (non-hydrogen) atoms. The van der Waals surface area contributed by atoms with Gasteiger partial charge in [-0.3, -0.25) is 0 Å². The van der Waals surface area contributed by atoms with Crippen LogP contribution in [-0.2, 0) is 6.54 Å². The van der Waals surface area contributed by atoms with Crippen molar-refractivity contribution in [1.29, 1.82) is 0 Å². The first-order valence-electron chi connectivity index (χ1n) is 8.20. The summed E-state index contributed by atoms with van der Waals surface area (Å²) in [6.45, 7) is 5.56. The minimum absolute atomic E-state index is 0.956. The van der Waals surface area contributed by atoms with Crippen LogP contribution in [0.2, 0.25) is 0 Å². The fraction of sp³-hybridized carbons (Fsp3) is 0.875. The lowest BCUT2D eigenvalue weighted by Gasteiger charge is -2.16. The smallest absolute Gasteiger partial charge is 0.0693 e. The van der Waals surface area contributed by atoms with Gasteiger partial charge in [-0.1, -0.05) is 71.6 Å². The first kappa shape index (κ1) is 16.2. The van der Waals surface area contributed by atoms with Gasteiger partial charge in [0.25, 0.3) is 0 Å². The van der Waals surface area contributed by atoms with Gasteiger partial charge in [-0.05, 0) is 12.3 Å². The van der Waals surface area contributed by atoms with Gasteiger partial charge in [0, 0.05) is 0 Å². The van der Waals surface area contributed by atoms with E-state index in [0.29, 0.717) is 0 Å². The molecule has 0 aliphatic rings. The van der Waals surface area contributed by atoms with E-state index in [9.17, 15) is 0 Å². The van der Waals surface area contributed by atoms with Gasteiger partial charge in [0.15, 0.2) is 0 Å². The Bertz CT molecular complexity index is 282. The Labute approximate surface area is 118 Å². The molecule has 0 bridgehead atoms. The van der Waals surface area contributed by atoms with Crippen molar-refractivity contribution in [3.8, 4) is 0 Å². The molecule has 1 heterocycles. The minimum atomic E-state index is 0.956. The molecule has 0 aromatic carbocycles. The molecule has 3 nitrogen and oxygen atoms in total. The Morgan fingerprint density at radius 2 is 1.37 bits per heavy atom. The zero-order valence-electron chi connectivity index (χ0n) is 12.9. The topological polar surface area (TPSA) is 30.7 Å². The van der Waals surface area contributed by atoms with Crippen molar-refractivity contribution in [2.24, 2.45) is 5.92 Å². The van der Waals surface area contributed by atoms with Crippen LogP contribution in [0.15, 0.2) is 12.4 Å². The number of nitrogens with zero attached hydrogens (tertiary/aromatic N) is 3. The van der Waals surface area contributed by atoms with Crippen molar-refractivity contribution in [3.05, 3.63) is 12.4 Å². The molecule has 3 heteroatoms. The molecule has 0 amide bonds. The van der Waals surface area contributed by atoms with Gasteiger partial charge in [0.05, 0.1) is 18.9 Å². The highest BCUT2D eigenvalue weighted by Gasteiger charge is 2.08. The average molecular weight is 265 g/mol. The van der Waals surface area contributed by atoms with E-state index in [2.05, 4.69) is 24.0 Å². The highest BCUT2D eigenvalue weighted by atomic mass is 15.5. The highest BCUT2D eigenvalue weighted by Crippen LogP contribution is 2.22. The van der Waals surface area contributed by atoms with Crippen LogP contribution >= 0.6 is 0 Å². The number of hydrogen-bond acceptors (Lipinski definition) is 2. The molecule has 110 valence electrons. The molecule has 0 aliphatic heterocycles. The van der Waals surface area contributed by atoms with Gasteiger partial charge >= 0.3 is 0 Å². The van der Waals surface area contributed by atoms with E-state index >= 15 is 0 Å². The van der Waals surface area contributed by atoms with Gasteiger partial charge < -0.3 is 0 Å². The number of unbranched alkanes of at least 4 members (excludes halogenated alkanes) is 4. The fourth-order valence-corrected chi connectivity index (χ4v) is 2.65. The second kappa shape index (κ2) is 11.0. The first-order chi connectivity index (χ1) is 9.36. The van der Waals surface area contributed by atoms with Crippen molar-refractivity contribution >= 4 is 0 Å². The molecular weight excluding hydrogens is 234 g/mol. The summed E-state index contributed by atoms with van der Waals surface area (Å²) in [4.78, 5) is 1.80. The van der Waals surface area contributed by atoms with E-state index in [-0.39, 0.29) is 0 Å². The molecule has 0 spiro atoms. The van der Waals surface area contributed by atoms with E-state index < -0.39 is 0 Å². The molecule has 1 unspecified atom stereocenters. The predicted octanol–water partition coefficient (Wildman–Crippen LogP) is 4.84. The quantitative estimate of drug-likeness (QED) is 0.506. The van der Waals surface area contributed by atoms with Gasteiger partial charge in [-0.2, -0.15) is 15.0 Å². The lowest BCUT2D eigenvalue weighted by atomic mass is 9.91. The van der Waals surface area contributed by atoms with Crippen LogP contribution in [0.1, 0.15) is 78.1 Å². The van der Waals surface area contributed by atoms with Crippen molar-refractivity contribution in [2.45, 2.75) is 84.6 Å². The zero-order chi connectivity index (χ0) is 13.8. The summed E-state index contributed by atoms with van der Waals surface area (Å²) in [6, 6.07) is 0. The third kappa shape index (κ3) is 8.02. The maximum Gasteiger partial charge on any atom is 0.0693 e. The number of aromatic nitrogens is 3. The highest BCUT2D eigenvalue weighted by molar-refractivity contribution is 4.62. The van der Waals surface area contributed by atoms with Crippen LogP contribution in [-0.4, -0.2) is 15.0 Å². The Kier molecular flexibility index (Phi) is 9.38. The third-order valence-corrected chi connectivity index (χ3v) is 3.87. The molecule has 0 fully saturated rings. The normalized spacial score (nSPS) is 12.7. The second-order valence-corrected chi connectivity index (χ2v) is 5.62. The molecule has 1 aromatic rings. The standard InChI is InChI=1S/C16H31N3/c1-3-5-7-11-16(10-6-4-2)12-8-9-15-19-17-13-14-18-19/h13-14,16H,3-12,15H2,1-2H3.